The van der Waals surface area contributed by atoms with E-state index >= 15 is 0 Å². The molecule has 0 aromatic carbocycles. The molecule has 0 heterocycles. The minimum absolute atomic E-state index is 0.303. The van der Waals surface area contributed by atoms with Crippen molar-refractivity contribution in [3.8, 4) is 0 Å². The Morgan fingerprint density at radius 1 is 1.50 bits per heavy atom. The fraction of sp³-hybridized carbons (Fsp3) is 0.667. The summed E-state index contributed by atoms with van der Waals surface area (Å²) in [5.41, 5.74) is 2.08. The fourth-order valence-corrected chi connectivity index (χ4v) is 2.60. The topological polar surface area (TPSA) is 38.7 Å². The average molecular weight is 311 g/mol. The van der Waals surface area contributed by atoms with Gasteiger partial charge in [-0.3, -0.25) is 0 Å². The van der Waals surface area contributed by atoms with Crippen LogP contribution in [0.4, 0.5) is 0 Å². The molecule has 0 aromatic rings. The molecule has 1 saturated carbocycles. The van der Waals surface area contributed by atoms with Gasteiger partial charge in [0, 0.05) is 0 Å². The van der Waals surface area contributed by atoms with Gasteiger partial charge in [0.1, 0.15) is 0 Å². The van der Waals surface area contributed by atoms with E-state index in [-0.39, 0.29) is 0 Å². The first-order valence-electron chi connectivity index (χ1n) is 5.68. The van der Waals surface area contributed by atoms with Crippen molar-refractivity contribution in [3.63, 3.8) is 0 Å². The predicted molar refractivity (Wildman–Crippen MR) is 73.0 cm³/mol. The van der Waals surface area contributed by atoms with Gasteiger partial charge in [-0.15, -0.1) is 0 Å². The molecule has 1 fully saturated rings. The summed E-state index contributed by atoms with van der Waals surface area (Å²) in [6.07, 6.45) is 2.98. The maximum absolute atomic E-state index is 11.3. The van der Waals surface area contributed by atoms with Crippen molar-refractivity contribution in [1.29, 1.82) is 0 Å². The lowest BCUT2D eigenvalue weighted by atomic mass is 9.99. The largest absolute Gasteiger partial charge is 0.386 e. The summed E-state index contributed by atoms with van der Waals surface area (Å²) in [6.45, 7) is 6.40. The number of allylic oxidation sites excluding steroid dienone is 2. The van der Waals surface area contributed by atoms with Gasteiger partial charge in [-0.2, -0.15) is 0 Å². The Morgan fingerprint density at radius 3 is 2.67 bits per heavy atom. The monoisotopic (exact) mass is 309 g/mol. The third-order valence-corrected chi connectivity index (χ3v) is 4.37. The van der Waals surface area contributed by atoms with Crippen LogP contribution in [0.1, 0.15) is 27.2 Å². The van der Waals surface area contributed by atoms with Gasteiger partial charge in [-0.25, -0.2) is 4.79 Å². The van der Waals surface area contributed by atoms with Crippen molar-refractivity contribution in [2.45, 2.75) is 31.0 Å². The van der Waals surface area contributed by atoms with Crippen molar-refractivity contribution >= 4 is 46.5 Å². The van der Waals surface area contributed by atoms with Crippen molar-refractivity contribution < 1.29 is 9.63 Å². The van der Waals surface area contributed by atoms with E-state index in [2.05, 4.69) is 29.9 Å². The smallest absolute Gasteiger partial charge is 0.313 e. The lowest BCUT2D eigenvalue weighted by molar-refractivity contribution is -0.142. The third kappa shape index (κ3) is 2.54. The Kier molecular flexibility index (Phi) is 3.46. The number of fused-ring (bicyclic) bond motifs is 1. The molecule has 0 saturated heterocycles. The van der Waals surface area contributed by atoms with E-state index in [0.717, 1.165) is 17.7 Å². The Hall–Kier alpha value is -0.250. The zero-order chi connectivity index (χ0) is 13.7. The lowest BCUT2D eigenvalue weighted by Crippen LogP contribution is -2.21. The van der Waals surface area contributed by atoms with Gasteiger partial charge in [-0.05, 0) is 36.2 Å². The van der Waals surface area contributed by atoms with Crippen LogP contribution >= 0.6 is 34.8 Å². The highest BCUT2D eigenvalue weighted by atomic mass is 35.6. The molecule has 18 heavy (non-hydrogen) atoms. The molecule has 2 unspecified atom stereocenters. The van der Waals surface area contributed by atoms with E-state index in [1.807, 2.05) is 6.92 Å². The number of hydrogen-bond acceptors (Lipinski definition) is 3. The summed E-state index contributed by atoms with van der Waals surface area (Å²) >= 11 is 16.2. The van der Waals surface area contributed by atoms with E-state index in [1.165, 1.54) is 0 Å². The number of carbonyl (C=O) groups is 1. The Balaban J connectivity index is 2.06. The van der Waals surface area contributed by atoms with Crippen LogP contribution in [0.2, 0.25) is 0 Å². The SMILES string of the molecule is CC1=CC2C(C/C1=N\OC(=O)C(Cl)(Cl)Cl)C2(C)C. The van der Waals surface area contributed by atoms with Gasteiger partial charge in [0.15, 0.2) is 0 Å². The van der Waals surface area contributed by atoms with Gasteiger partial charge in [0.2, 0.25) is 0 Å². The molecule has 0 radical (unpaired) electrons. The number of halogens is 3. The van der Waals surface area contributed by atoms with Crippen molar-refractivity contribution in [2.75, 3.05) is 0 Å². The van der Waals surface area contributed by atoms with Gasteiger partial charge < -0.3 is 4.84 Å². The van der Waals surface area contributed by atoms with Crippen LogP contribution in [0.25, 0.3) is 0 Å². The van der Waals surface area contributed by atoms with Crippen molar-refractivity contribution in [1.82, 2.24) is 0 Å². The van der Waals surface area contributed by atoms with E-state index in [0.29, 0.717) is 17.3 Å². The van der Waals surface area contributed by atoms with Crippen LogP contribution in [0.3, 0.4) is 0 Å². The van der Waals surface area contributed by atoms with Crippen LogP contribution in [0, 0.1) is 17.3 Å². The first kappa shape index (κ1) is 14.2. The number of nitrogens with zero attached hydrogens (tertiary/aromatic N) is 1. The predicted octanol–water partition coefficient (Wildman–Crippen LogP) is 3.88. The second-order valence-corrected chi connectivity index (χ2v) is 7.70. The molecule has 0 aromatic heterocycles. The van der Waals surface area contributed by atoms with Crippen LogP contribution in [0.15, 0.2) is 16.8 Å². The molecule has 2 atom stereocenters. The van der Waals surface area contributed by atoms with Crippen LogP contribution in [-0.2, 0) is 9.63 Å². The van der Waals surface area contributed by atoms with E-state index in [4.69, 9.17) is 34.8 Å². The summed E-state index contributed by atoms with van der Waals surface area (Å²) in [4.78, 5) is 16.0. The molecular formula is C12H14Cl3NO2. The molecule has 0 spiro atoms. The summed E-state index contributed by atoms with van der Waals surface area (Å²) in [6, 6.07) is 0. The maximum atomic E-state index is 11.3. The highest BCUT2D eigenvalue weighted by Gasteiger charge is 2.58. The molecule has 0 amide bonds. The third-order valence-electron chi connectivity index (χ3n) is 3.91. The number of oxime groups is 1. The Morgan fingerprint density at radius 2 is 2.11 bits per heavy atom. The maximum Gasteiger partial charge on any atom is 0.386 e. The molecule has 0 N–H and O–H groups in total. The summed E-state index contributed by atoms with van der Waals surface area (Å²) in [7, 11) is 0. The fourth-order valence-electron chi connectivity index (χ4n) is 2.50. The molecular weight excluding hydrogens is 296 g/mol. The second kappa shape index (κ2) is 4.39. The number of hydrogen-bond donors (Lipinski definition) is 0. The molecule has 2 aliphatic rings. The van der Waals surface area contributed by atoms with E-state index in [1.54, 1.807) is 0 Å². The number of carbonyl (C=O) groups excluding carboxylic acids is 1. The van der Waals surface area contributed by atoms with Crippen molar-refractivity contribution in [2.24, 2.45) is 22.4 Å². The first-order chi connectivity index (χ1) is 8.14. The van der Waals surface area contributed by atoms with Gasteiger partial charge >= 0.3 is 5.97 Å². The molecule has 0 aliphatic heterocycles. The summed E-state index contributed by atoms with van der Waals surface area (Å²) in [5, 5.41) is 3.82. The van der Waals surface area contributed by atoms with Gasteiger partial charge in [0.25, 0.3) is 3.79 Å². The Labute approximate surface area is 121 Å². The summed E-state index contributed by atoms with van der Waals surface area (Å²) in [5.74, 6) is 0.178. The van der Waals surface area contributed by atoms with Crippen LogP contribution in [0.5, 0.6) is 0 Å². The lowest BCUT2D eigenvalue weighted by Gasteiger charge is -2.11. The Bertz CT molecular complexity index is 449. The summed E-state index contributed by atoms with van der Waals surface area (Å²) < 4.78 is -2.09. The molecule has 0 bridgehead atoms. The molecule has 2 aliphatic carbocycles. The van der Waals surface area contributed by atoms with Crippen LogP contribution < -0.4 is 0 Å². The quantitative estimate of drug-likeness (QED) is 0.419. The standard InChI is InChI=1S/C12H14Cl3NO2/c1-6-4-7-8(11(7,2)3)5-9(6)16-18-10(17)12(13,14)15/h4,7-8H,5H2,1-3H3/b16-9+. The van der Waals surface area contributed by atoms with Gasteiger partial charge in [-0.1, -0.05) is 59.9 Å². The minimum atomic E-state index is -2.09. The van der Waals surface area contributed by atoms with E-state index in [9.17, 15) is 4.79 Å². The molecule has 100 valence electrons. The molecule has 2 rings (SSSR count). The second-order valence-electron chi connectivity index (χ2n) is 5.42. The normalized spacial score (nSPS) is 31.7. The van der Waals surface area contributed by atoms with Crippen LogP contribution in [-0.4, -0.2) is 15.5 Å². The number of rotatable bonds is 1. The number of alkyl halides is 3. The molecule has 3 nitrogen and oxygen atoms in total. The highest BCUT2D eigenvalue weighted by molar-refractivity contribution is 6.75. The minimum Gasteiger partial charge on any atom is -0.313 e. The first-order valence-corrected chi connectivity index (χ1v) is 6.81. The highest BCUT2D eigenvalue weighted by Crippen LogP contribution is 2.63. The van der Waals surface area contributed by atoms with Gasteiger partial charge in [0.05, 0.1) is 5.71 Å². The van der Waals surface area contributed by atoms with E-state index < -0.39 is 9.76 Å². The molecule has 6 heteroatoms. The van der Waals surface area contributed by atoms with Crippen molar-refractivity contribution in [3.05, 3.63) is 11.6 Å². The average Bonchev–Trinajstić information content (AvgIpc) is 2.75. The zero-order valence-electron chi connectivity index (χ0n) is 10.3. The zero-order valence-corrected chi connectivity index (χ0v) is 12.6.